The molecule has 1 amide bonds. The van der Waals surface area contributed by atoms with E-state index >= 15 is 0 Å². The van der Waals surface area contributed by atoms with Crippen LogP contribution in [0.2, 0.25) is 0 Å². The molecule has 6 heteroatoms. The Morgan fingerprint density at radius 3 is 3.22 bits per heavy atom. The Bertz CT molecular complexity index is 712. The number of hydrogen-bond donors (Lipinski definition) is 1. The number of hydrogen-bond acceptors (Lipinski definition) is 4. The van der Waals surface area contributed by atoms with Gasteiger partial charge in [-0.2, -0.15) is 0 Å². The lowest BCUT2D eigenvalue weighted by atomic mass is 10.0. The van der Waals surface area contributed by atoms with E-state index in [4.69, 9.17) is 4.74 Å². The average molecular weight is 312 g/mol. The summed E-state index contributed by atoms with van der Waals surface area (Å²) in [5.74, 6) is 1.97. The van der Waals surface area contributed by atoms with Crippen molar-refractivity contribution in [3.63, 3.8) is 0 Å². The Morgan fingerprint density at radius 2 is 2.26 bits per heavy atom. The molecule has 0 aliphatic carbocycles. The van der Waals surface area contributed by atoms with Crippen LogP contribution in [0.1, 0.15) is 23.9 Å². The van der Waals surface area contributed by atoms with Gasteiger partial charge >= 0.3 is 0 Å². The standard InChI is InChI=1S/C17H20N4O2/c22-17(12-20-8-9-21-7-6-18-16(21)11-20)19-14-5-10-23-15-4-2-1-3-13(14)15/h1-4,6-7,14H,5,8-12H2,(H,19,22)/t14-/m0/s1. The third-order valence-corrected chi connectivity index (χ3v) is 4.48. The fraction of sp³-hybridized carbons (Fsp3) is 0.412. The molecule has 1 aromatic heterocycles. The van der Waals surface area contributed by atoms with Crippen molar-refractivity contribution in [1.29, 1.82) is 0 Å². The summed E-state index contributed by atoms with van der Waals surface area (Å²) in [4.78, 5) is 18.9. The van der Waals surface area contributed by atoms with Crippen LogP contribution in [0.15, 0.2) is 36.7 Å². The number of nitrogens with one attached hydrogen (secondary N) is 1. The topological polar surface area (TPSA) is 59.4 Å². The smallest absolute Gasteiger partial charge is 0.234 e. The van der Waals surface area contributed by atoms with Crippen molar-refractivity contribution in [1.82, 2.24) is 19.8 Å². The molecule has 23 heavy (non-hydrogen) atoms. The number of benzene rings is 1. The van der Waals surface area contributed by atoms with Crippen molar-refractivity contribution in [3.05, 3.63) is 48.0 Å². The molecule has 1 aromatic carbocycles. The molecule has 0 unspecified atom stereocenters. The van der Waals surface area contributed by atoms with E-state index in [1.807, 2.05) is 36.7 Å². The summed E-state index contributed by atoms with van der Waals surface area (Å²) in [6.45, 7) is 3.55. The third-order valence-electron chi connectivity index (χ3n) is 4.48. The van der Waals surface area contributed by atoms with Crippen molar-refractivity contribution in [3.8, 4) is 5.75 Å². The molecule has 0 bridgehead atoms. The van der Waals surface area contributed by atoms with Crippen LogP contribution < -0.4 is 10.1 Å². The Kier molecular flexibility index (Phi) is 3.75. The number of rotatable bonds is 3. The van der Waals surface area contributed by atoms with Gasteiger partial charge < -0.3 is 14.6 Å². The molecule has 0 radical (unpaired) electrons. The largest absolute Gasteiger partial charge is 0.493 e. The number of aromatic nitrogens is 2. The highest BCUT2D eigenvalue weighted by atomic mass is 16.5. The van der Waals surface area contributed by atoms with E-state index in [1.54, 1.807) is 0 Å². The highest BCUT2D eigenvalue weighted by molar-refractivity contribution is 5.78. The quantitative estimate of drug-likeness (QED) is 0.929. The molecule has 0 saturated carbocycles. The molecule has 3 heterocycles. The zero-order valence-corrected chi connectivity index (χ0v) is 12.9. The first-order valence-corrected chi connectivity index (χ1v) is 8.03. The van der Waals surface area contributed by atoms with E-state index in [0.29, 0.717) is 13.2 Å². The molecule has 2 aromatic rings. The summed E-state index contributed by atoms with van der Waals surface area (Å²) in [7, 11) is 0. The number of para-hydroxylation sites is 1. The van der Waals surface area contributed by atoms with Crippen molar-refractivity contribution in [2.75, 3.05) is 19.7 Å². The van der Waals surface area contributed by atoms with Crippen LogP contribution in [0.4, 0.5) is 0 Å². The number of imidazole rings is 1. The minimum absolute atomic E-state index is 0.0410. The van der Waals surface area contributed by atoms with Crippen molar-refractivity contribution in [2.45, 2.75) is 25.6 Å². The number of amides is 1. The molecule has 2 aliphatic heterocycles. The summed E-state index contributed by atoms with van der Waals surface area (Å²) in [6.07, 6.45) is 4.62. The molecular formula is C17H20N4O2. The second kappa shape index (κ2) is 6.04. The molecule has 0 saturated heterocycles. The molecule has 4 rings (SSSR count). The van der Waals surface area contributed by atoms with E-state index in [0.717, 1.165) is 43.2 Å². The lowest BCUT2D eigenvalue weighted by Gasteiger charge is -2.29. The second-order valence-electron chi connectivity index (χ2n) is 6.04. The van der Waals surface area contributed by atoms with E-state index in [9.17, 15) is 4.79 Å². The number of ether oxygens (including phenoxy) is 1. The minimum Gasteiger partial charge on any atom is -0.493 e. The number of carbonyl (C=O) groups excluding carboxylic acids is 1. The van der Waals surface area contributed by atoms with E-state index in [-0.39, 0.29) is 11.9 Å². The van der Waals surface area contributed by atoms with Gasteiger partial charge in [-0.25, -0.2) is 4.98 Å². The monoisotopic (exact) mass is 312 g/mol. The molecule has 6 nitrogen and oxygen atoms in total. The first-order chi connectivity index (χ1) is 11.3. The zero-order valence-electron chi connectivity index (χ0n) is 12.9. The van der Waals surface area contributed by atoms with Gasteiger partial charge in [0, 0.05) is 37.5 Å². The van der Waals surface area contributed by atoms with Crippen molar-refractivity contribution in [2.24, 2.45) is 0 Å². The first-order valence-electron chi connectivity index (χ1n) is 8.03. The van der Waals surface area contributed by atoms with E-state index < -0.39 is 0 Å². The second-order valence-corrected chi connectivity index (χ2v) is 6.04. The van der Waals surface area contributed by atoms with Gasteiger partial charge in [0.25, 0.3) is 0 Å². The maximum absolute atomic E-state index is 12.4. The molecule has 1 atom stereocenters. The molecular weight excluding hydrogens is 292 g/mol. The maximum Gasteiger partial charge on any atom is 0.234 e. The SMILES string of the molecule is O=C(CN1CCn2ccnc2C1)N[C@H]1CCOc2ccccc21. The molecule has 120 valence electrons. The first kappa shape index (κ1) is 14.3. The summed E-state index contributed by atoms with van der Waals surface area (Å²) in [5, 5.41) is 3.15. The zero-order chi connectivity index (χ0) is 15.6. The van der Waals surface area contributed by atoms with Gasteiger partial charge in [-0.15, -0.1) is 0 Å². The average Bonchev–Trinajstić information content (AvgIpc) is 3.03. The third kappa shape index (κ3) is 2.94. The van der Waals surface area contributed by atoms with Crippen LogP contribution in [-0.2, 0) is 17.9 Å². The Hall–Kier alpha value is -2.34. The van der Waals surface area contributed by atoms with E-state index in [2.05, 4.69) is 19.8 Å². The van der Waals surface area contributed by atoms with Gasteiger partial charge in [-0.05, 0) is 6.07 Å². The molecule has 2 aliphatic rings. The summed E-state index contributed by atoms with van der Waals surface area (Å²) >= 11 is 0. The van der Waals surface area contributed by atoms with Crippen LogP contribution in [-0.4, -0.2) is 40.1 Å². The van der Waals surface area contributed by atoms with E-state index in [1.165, 1.54) is 0 Å². The molecule has 0 fully saturated rings. The van der Waals surface area contributed by atoms with Crippen LogP contribution >= 0.6 is 0 Å². The molecule has 0 spiro atoms. The van der Waals surface area contributed by atoms with Gasteiger partial charge in [0.2, 0.25) is 5.91 Å². The lowest BCUT2D eigenvalue weighted by molar-refractivity contribution is -0.123. The van der Waals surface area contributed by atoms with Crippen LogP contribution in [0, 0.1) is 0 Å². The Labute approximate surface area is 135 Å². The van der Waals surface area contributed by atoms with Gasteiger partial charge in [-0.3, -0.25) is 9.69 Å². The van der Waals surface area contributed by atoms with Crippen LogP contribution in [0.25, 0.3) is 0 Å². The van der Waals surface area contributed by atoms with Gasteiger partial charge in [-0.1, -0.05) is 18.2 Å². The predicted octanol–water partition coefficient (Wildman–Crippen LogP) is 1.34. The molecule has 1 N–H and O–H groups in total. The number of carbonyl (C=O) groups is 1. The Morgan fingerprint density at radius 1 is 1.35 bits per heavy atom. The predicted molar refractivity (Wildman–Crippen MR) is 84.9 cm³/mol. The lowest BCUT2D eigenvalue weighted by Crippen LogP contribution is -2.43. The van der Waals surface area contributed by atoms with Gasteiger partial charge in [0.15, 0.2) is 0 Å². The summed E-state index contributed by atoms with van der Waals surface area (Å²) in [5.41, 5.74) is 1.07. The number of nitrogens with zero attached hydrogens (tertiary/aromatic N) is 3. The van der Waals surface area contributed by atoms with Crippen molar-refractivity contribution >= 4 is 5.91 Å². The highest BCUT2D eigenvalue weighted by Crippen LogP contribution is 2.31. The van der Waals surface area contributed by atoms with Crippen molar-refractivity contribution < 1.29 is 9.53 Å². The van der Waals surface area contributed by atoms with Crippen LogP contribution in [0.5, 0.6) is 5.75 Å². The van der Waals surface area contributed by atoms with Gasteiger partial charge in [0.05, 0.1) is 25.7 Å². The maximum atomic E-state index is 12.4. The summed E-state index contributed by atoms with van der Waals surface area (Å²) < 4.78 is 7.78. The summed E-state index contributed by atoms with van der Waals surface area (Å²) in [6, 6.07) is 7.96. The fourth-order valence-corrected chi connectivity index (χ4v) is 3.29. The Balaban J connectivity index is 1.38. The normalized spacial score (nSPS) is 20.3. The van der Waals surface area contributed by atoms with Gasteiger partial charge in [0.1, 0.15) is 11.6 Å². The fourth-order valence-electron chi connectivity index (χ4n) is 3.29. The van der Waals surface area contributed by atoms with Crippen LogP contribution in [0.3, 0.4) is 0 Å². The highest BCUT2D eigenvalue weighted by Gasteiger charge is 2.24. The minimum atomic E-state index is 0.0410. The number of fused-ring (bicyclic) bond motifs is 2.